The standard InChI is InChI=1S/C26H25FN2O7S/c1-16(29-37(32,33)23-10-8-22(9-11-23)28-17(2)30)25(31)34-14-19-12-21(27)13-20-15-35-26(36-24(19)20)18-6-4-3-5-7-18/h3-13,16,26,29H,14-15H2,1-2H3,(H,28,30)/t16-,26+/m0/s1. The first kappa shape index (κ1) is 26.3. The SMILES string of the molecule is CC(=O)Nc1ccc(S(=O)(=O)N[C@@H](C)C(=O)OCc2cc(F)cc3c2O[C@H](c2ccccc2)OC3)cc1. The molecule has 194 valence electrons. The molecule has 1 aliphatic heterocycles. The number of hydrogen-bond acceptors (Lipinski definition) is 7. The first-order valence-electron chi connectivity index (χ1n) is 11.3. The quantitative estimate of drug-likeness (QED) is 0.427. The lowest BCUT2D eigenvalue weighted by molar-refractivity contribution is -0.146. The molecular weight excluding hydrogens is 503 g/mol. The number of benzene rings is 3. The molecule has 0 bridgehead atoms. The molecule has 2 atom stereocenters. The van der Waals surface area contributed by atoms with Gasteiger partial charge in [0.05, 0.1) is 11.5 Å². The zero-order valence-corrected chi connectivity index (χ0v) is 20.9. The molecule has 3 aromatic carbocycles. The summed E-state index contributed by atoms with van der Waals surface area (Å²) in [5.74, 6) is -1.35. The van der Waals surface area contributed by atoms with Gasteiger partial charge in [-0.15, -0.1) is 0 Å². The molecule has 0 aromatic heterocycles. The van der Waals surface area contributed by atoms with Gasteiger partial charge in [-0.05, 0) is 43.3 Å². The predicted molar refractivity (Wildman–Crippen MR) is 131 cm³/mol. The van der Waals surface area contributed by atoms with Crippen LogP contribution in [0.3, 0.4) is 0 Å². The molecule has 1 aliphatic rings. The smallest absolute Gasteiger partial charge is 0.324 e. The summed E-state index contributed by atoms with van der Waals surface area (Å²) >= 11 is 0. The normalized spacial score (nSPS) is 15.7. The van der Waals surface area contributed by atoms with Crippen LogP contribution in [-0.2, 0) is 42.3 Å². The lowest BCUT2D eigenvalue weighted by Gasteiger charge is -2.28. The highest BCUT2D eigenvalue weighted by molar-refractivity contribution is 7.89. The van der Waals surface area contributed by atoms with Crippen LogP contribution in [0.2, 0.25) is 0 Å². The maximum atomic E-state index is 14.2. The largest absolute Gasteiger partial charge is 0.460 e. The summed E-state index contributed by atoms with van der Waals surface area (Å²) in [4.78, 5) is 23.6. The number of carbonyl (C=O) groups excluding carboxylic acids is 2. The number of rotatable bonds is 8. The fraction of sp³-hybridized carbons (Fsp3) is 0.231. The van der Waals surface area contributed by atoms with Gasteiger partial charge in [0, 0.05) is 29.3 Å². The van der Waals surface area contributed by atoms with E-state index >= 15 is 0 Å². The Kier molecular flexibility index (Phi) is 7.86. The van der Waals surface area contributed by atoms with Crippen molar-refractivity contribution in [2.75, 3.05) is 5.32 Å². The van der Waals surface area contributed by atoms with Gasteiger partial charge in [-0.25, -0.2) is 12.8 Å². The summed E-state index contributed by atoms with van der Waals surface area (Å²) in [7, 11) is -4.06. The molecule has 1 heterocycles. The van der Waals surface area contributed by atoms with E-state index in [0.29, 0.717) is 17.0 Å². The van der Waals surface area contributed by atoms with E-state index in [4.69, 9.17) is 14.2 Å². The van der Waals surface area contributed by atoms with E-state index in [0.717, 1.165) is 5.56 Å². The first-order chi connectivity index (χ1) is 17.6. The van der Waals surface area contributed by atoms with E-state index in [-0.39, 0.29) is 29.6 Å². The summed E-state index contributed by atoms with van der Waals surface area (Å²) in [5, 5.41) is 2.54. The minimum atomic E-state index is -4.06. The van der Waals surface area contributed by atoms with Crippen molar-refractivity contribution in [3.8, 4) is 5.75 Å². The molecule has 11 heteroatoms. The monoisotopic (exact) mass is 528 g/mol. The van der Waals surface area contributed by atoms with Gasteiger partial charge in [0.15, 0.2) is 0 Å². The second-order valence-corrected chi connectivity index (χ2v) is 10.1. The van der Waals surface area contributed by atoms with Crippen LogP contribution >= 0.6 is 0 Å². The van der Waals surface area contributed by atoms with Crippen molar-refractivity contribution in [3.63, 3.8) is 0 Å². The average molecular weight is 529 g/mol. The van der Waals surface area contributed by atoms with Crippen molar-refractivity contribution >= 4 is 27.6 Å². The van der Waals surface area contributed by atoms with Gasteiger partial charge in [-0.1, -0.05) is 30.3 Å². The highest BCUT2D eigenvalue weighted by atomic mass is 32.2. The molecule has 0 aliphatic carbocycles. The van der Waals surface area contributed by atoms with Crippen LogP contribution in [-0.4, -0.2) is 26.3 Å². The number of amides is 1. The number of sulfonamides is 1. The Balaban J connectivity index is 1.41. The minimum Gasteiger partial charge on any atom is -0.460 e. The van der Waals surface area contributed by atoms with Crippen LogP contribution in [0.4, 0.5) is 10.1 Å². The Morgan fingerprint density at radius 3 is 2.49 bits per heavy atom. The van der Waals surface area contributed by atoms with E-state index in [2.05, 4.69) is 10.0 Å². The number of carbonyl (C=O) groups is 2. The fourth-order valence-corrected chi connectivity index (χ4v) is 4.89. The Hall–Kier alpha value is -3.80. The third-order valence-corrected chi connectivity index (χ3v) is 6.99. The highest BCUT2D eigenvalue weighted by Gasteiger charge is 2.27. The van der Waals surface area contributed by atoms with Crippen molar-refractivity contribution < 1.29 is 36.6 Å². The number of anilines is 1. The van der Waals surface area contributed by atoms with Crippen molar-refractivity contribution in [1.82, 2.24) is 4.72 Å². The van der Waals surface area contributed by atoms with Crippen molar-refractivity contribution in [1.29, 1.82) is 0 Å². The van der Waals surface area contributed by atoms with E-state index in [1.807, 2.05) is 30.3 Å². The first-order valence-corrected chi connectivity index (χ1v) is 12.8. The number of nitrogens with one attached hydrogen (secondary N) is 2. The van der Waals surface area contributed by atoms with E-state index in [1.165, 1.54) is 50.2 Å². The van der Waals surface area contributed by atoms with Gasteiger partial charge in [0.1, 0.15) is 24.2 Å². The summed E-state index contributed by atoms with van der Waals surface area (Å²) < 4.78 is 58.7. The summed E-state index contributed by atoms with van der Waals surface area (Å²) in [6, 6.07) is 15.9. The molecule has 37 heavy (non-hydrogen) atoms. The van der Waals surface area contributed by atoms with Crippen LogP contribution < -0.4 is 14.8 Å². The van der Waals surface area contributed by atoms with Crippen molar-refractivity contribution in [2.24, 2.45) is 0 Å². The molecule has 0 saturated carbocycles. The third kappa shape index (κ3) is 6.50. The predicted octanol–water partition coefficient (Wildman–Crippen LogP) is 3.80. The maximum Gasteiger partial charge on any atom is 0.324 e. The number of hydrogen-bond donors (Lipinski definition) is 2. The third-order valence-electron chi connectivity index (χ3n) is 5.43. The molecule has 0 unspecified atom stereocenters. The molecule has 2 N–H and O–H groups in total. The number of fused-ring (bicyclic) bond motifs is 1. The van der Waals surface area contributed by atoms with Gasteiger partial charge in [-0.3, -0.25) is 9.59 Å². The number of ether oxygens (including phenoxy) is 3. The second-order valence-electron chi connectivity index (χ2n) is 8.38. The average Bonchev–Trinajstić information content (AvgIpc) is 2.87. The molecular formula is C26H25FN2O7S. The zero-order chi connectivity index (χ0) is 26.6. The lowest BCUT2D eigenvalue weighted by Crippen LogP contribution is -2.39. The highest BCUT2D eigenvalue weighted by Crippen LogP contribution is 2.36. The topological polar surface area (TPSA) is 120 Å². The van der Waals surface area contributed by atoms with E-state index in [9.17, 15) is 22.4 Å². The van der Waals surface area contributed by atoms with Gasteiger partial charge in [0.25, 0.3) is 0 Å². The molecule has 3 aromatic rings. The fourth-order valence-electron chi connectivity index (χ4n) is 3.70. The molecule has 0 fully saturated rings. The van der Waals surface area contributed by atoms with Gasteiger partial charge in [0.2, 0.25) is 22.2 Å². The molecule has 4 rings (SSSR count). The van der Waals surface area contributed by atoms with Crippen LogP contribution in [0.5, 0.6) is 5.75 Å². The molecule has 1 amide bonds. The minimum absolute atomic E-state index is 0.0965. The van der Waals surface area contributed by atoms with E-state index in [1.54, 1.807) is 0 Å². The Morgan fingerprint density at radius 2 is 1.81 bits per heavy atom. The summed E-state index contributed by atoms with van der Waals surface area (Å²) in [5.41, 5.74) is 1.96. The lowest BCUT2D eigenvalue weighted by atomic mass is 10.1. The second kappa shape index (κ2) is 11.1. The summed E-state index contributed by atoms with van der Waals surface area (Å²) in [6.45, 7) is 2.44. The Morgan fingerprint density at radius 1 is 1.11 bits per heavy atom. The van der Waals surface area contributed by atoms with Gasteiger partial charge >= 0.3 is 5.97 Å². The number of esters is 1. The Bertz CT molecular complexity index is 1400. The van der Waals surface area contributed by atoms with Crippen molar-refractivity contribution in [2.45, 2.75) is 44.3 Å². The van der Waals surface area contributed by atoms with Crippen LogP contribution in [0, 0.1) is 5.82 Å². The van der Waals surface area contributed by atoms with E-state index < -0.39 is 34.1 Å². The van der Waals surface area contributed by atoms with Crippen LogP contribution in [0.15, 0.2) is 71.6 Å². The van der Waals surface area contributed by atoms with Gasteiger partial charge < -0.3 is 19.5 Å². The number of halogens is 1. The molecule has 9 nitrogen and oxygen atoms in total. The van der Waals surface area contributed by atoms with Gasteiger partial charge in [-0.2, -0.15) is 4.72 Å². The summed E-state index contributed by atoms with van der Waals surface area (Å²) in [6.07, 6.45) is -0.712. The molecule has 0 spiro atoms. The Labute approximate surface area is 213 Å². The maximum absolute atomic E-state index is 14.2. The molecule has 0 saturated heterocycles. The van der Waals surface area contributed by atoms with Crippen LogP contribution in [0.1, 0.15) is 36.8 Å². The zero-order valence-electron chi connectivity index (χ0n) is 20.1. The molecule has 0 radical (unpaired) electrons. The van der Waals surface area contributed by atoms with Crippen molar-refractivity contribution in [3.05, 3.63) is 89.2 Å². The van der Waals surface area contributed by atoms with Crippen LogP contribution in [0.25, 0.3) is 0 Å².